The Morgan fingerprint density at radius 1 is 1.14 bits per heavy atom. The number of amides is 2. The number of rotatable bonds is 3. The number of aromatic nitrogens is 3. The van der Waals surface area contributed by atoms with Crippen molar-refractivity contribution in [3.8, 4) is 11.5 Å². The molecule has 0 saturated carbocycles. The third-order valence-corrected chi connectivity index (χ3v) is 5.83. The maximum atomic E-state index is 13.0. The molecule has 0 spiro atoms. The number of carbonyl (C=O) groups is 2. The molecule has 0 unspecified atom stereocenters. The van der Waals surface area contributed by atoms with E-state index in [0.717, 1.165) is 5.76 Å². The van der Waals surface area contributed by atoms with Crippen molar-refractivity contribution in [2.24, 2.45) is 0 Å². The minimum absolute atomic E-state index is 0.0945. The molecule has 1 fully saturated rings. The minimum Gasteiger partial charge on any atom is -0.460 e. The number of furan rings is 1. The van der Waals surface area contributed by atoms with Crippen LogP contribution in [0.3, 0.4) is 0 Å². The molecule has 3 aromatic heterocycles. The molecule has 4 rings (SSSR count). The van der Waals surface area contributed by atoms with E-state index in [1.54, 1.807) is 26.8 Å². The largest absolute Gasteiger partial charge is 0.460 e. The van der Waals surface area contributed by atoms with Gasteiger partial charge in [-0.2, -0.15) is 5.10 Å². The van der Waals surface area contributed by atoms with Crippen molar-refractivity contribution in [3.63, 3.8) is 0 Å². The number of thiazole rings is 1. The number of hydrogen-bond acceptors (Lipinski definition) is 6. The van der Waals surface area contributed by atoms with Gasteiger partial charge in [-0.05, 0) is 32.9 Å². The highest BCUT2D eigenvalue weighted by Crippen LogP contribution is 2.24. The van der Waals surface area contributed by atoms with Crippen LogP contribution in [-0.2, 0) is 0 Å². The summed E-state index contributed by atoms with van der Waals surface area (Å²) in [5, 5.41) is 8.78. The van der Waals surface area contributed by atoms with Gasteiger partial charge < -0.3 is 14.2 Å². The molecule has 3 aromatic rings. The summed E-state index contributed by atoms with van der Waals surface area (Å²) < 4.78 is 5.58. The molecular weight excluding hydrogens is 378 g/mol. The van der Waals surface area contributed by atoms with Crippen LogP contribution in [0.1, 0.15) is 40.6 Å². The Labute approximate surface area is 166 Å². The van der Waals surface area contributed by atoms with Crippen LogP contribution in [0.25, 0.3) is 11.5 Å². The van der Waals surface area contributed by atoms with Crippen LogP contribution in [0.5, 0.6) is 0 Å². The van der Waals surface area contributed by atoms with Crippen LogP contribution in [0.15, 0.2) is 33.5 Å². The first kappa shape index (κ1) is 18.4. The number of nitrogens with zero attached hydrogens (tertiary/aromatic N) is 4. The number of aryl methyl sites for hydroxylation is 1. The molecule has 0 aromatic carbocycles. The highest BCUT2D eigenvalue weighted by atomic mass is 32.1. The fraction of sp³-hybridized carbons (Fsp3) is 0.368. The molecule has 0 aliphatic carbocycles. The average molecular weight is 399 g/mol. The van der Waals surface area contributed by atoms with Crippen molar-refractivity contribution >= 4 is 23.2 Å². The number of aromatic amines is 1. The maximum Gasteiger partial charge on any atom is 0.274 e. The van der Waals surface area contributed by atoms with E-state index in [1.165, 1.54) is 11.3 Å². The van der Waals surface area contributed by atoms with Gasteiger partial charge in [-0.3, -0.25) is 14.7 Å². The van der Waals surface area contributed by atoms with Crippen molar-refractivity contribution < 1.29 is 14.0 Å². The quantitative estimate of drug-likeness (QED) is 0.731. The summed E-state index contributed by atoms with van der Waals surface area (Å²) in [5.74, 6) is 1.18. The Morgan fingerprint density at radius 3 is 2.39 bits per heavy atom. The predicted molar refractivity (Wildman–Crippen MR) is 104 cm³/mol. The van der Waals surface area contributed by atoms with Crippen molar-refractivity contribution in [2.45, 2.75) is 32.9 Å². The van der Waals surface area contributed by atoms with Gasteiger partial charge in [0.15, 0.2) is 11.5 Å². The Bertz CT molecular complexity index is 993. The fourth-order valence-electron chi connectivity index (χ4n) is 3.47. The van der Waals surface area contributed by atoms with E-state index in [1.807, 2.05) is 32.9 Å². The van der Waals surface area contributed by atoms with Gasteiger partial charge in [0, 0.05) is 36.6 Å². The smallest absolute Gasteiger partial charge is 0.274 e. The van der Waals surface area contributed by atoms with Gasteiger partial charge in [0.25, 0.3) is 11.8 Å². The number of hydrogen-bond donors (Lipinski definition) is 1. The molecule has 28 heavy (non-hydrogen) atoms. The molecule has 1 aliphatic heterocycles. The van der Waals surface area contributed by atoms with E-state index in [-0.39, 0.29) is 23.9 Å². The molecule has 1 aliphatic rings. The molecule has 0 radical (unpaired) electrons. The molecule has 146 valence electrons. The number of H-pyrrole nitrogens is 1. The third kappa shape index (κ3) is 3.22. The van der Waals surface area contributed by atoms with Crippen molar-refractivity contribution in [1.29, 1.82) is 0 Å². The second kappa shape index (κ2) is 7.23. The van der Waals surface area contributed by atoms with E-state index < -0.39 is 0 Å². The molecule has 9 heteroatoms. The Balaban J connectivity index is 1.49. The molecule has 2 atom stereocenters. The molecule has 0 bridgehead atoms. The van der Waals surface area contributed by atoms with Gasteiger partial charge in [-0.1, -0.05) is 0 Å². The first-order chi connectivity index (χ1) is 13.5. The van der Waals surface area contributed by atoms with E-state index >= 15 is 0 Å². The monoisotopic (exact) mass is 399 g/mol. The average Bonchev–Trinajstić information content (AvgIpc) is 3.44. The van der Waals surface area contributed by atoms with E-state index in [9.17, 15) is 9.59 Å². The summed E-state index contributed by atoms with van der Waals surface area (Å²) in [7, 11) is 0. The second-order valence-electron chi connectivity index (χ2n) is 6.93. The number of piperazine rings is 1. The molecular formula is C19H21N5O3S. The minimum atomic E-state index is -0.161. The first-order valence-electron chi connectivity index (χ1n) is 9.08. The predicted octanol–water partition coefficient (Wildman–Crippen LogP) is 2.81. The molecule has 1 N–H and O–H groups in total. The zero-order valence-electron chi connectivity index (χ0n) is 15.9. The molecule has 2 amide bonds. The fourth-order valence-corrected chi connectivity index (χ4v) is 3.99. The second-order valence-corrected chi connectivity index (χ2v) is 7.65. The molecule has 8 nitrogen and oxygen atoms in total. The van der Waals surface area contributed by atoms with Gasteiger partial charge in [0.1, 0.15) is 17.1 Å². The van der Waals surface area contributed by atoms with Gasteiger partial charge >= 0.3 is 0 Å². The lowest BCUT2D eigenvalue weighted by molar-refractivity contribution is 0.0235. The summed E-state index contributed by atoms with van der Waals surface area (Å²) in [5.41, 5.74) is 3.10. The summed E-state index contributed by atoms with van der Waals surface area (Å²) in [6.45, 7) is 6.68. The summed E-state index contributed by atoms with van der Waals surface area (Å²) in [6, 6.07) is 5.13. The van der Waals surface area contributed by atoms with Crippen LogP contribution < -0.4 is 0 Å². The first-order valence-corrected chi connectivity index (χ1v) is 10.0. The van der Waals surface area contributed by atoms with Crippen LogP contribution in [0.2, 0.25) is 0 Å². The highest BCUT2D eigenvalue weighted by molar-refractivity contribution is 7.07. The lowest BCUT2D eigenvalue weighted by atomic mass is 10.0. The normalized spacial score (nSPS) is 19.8. The van der Waals surface area contributed by atoms with Gasteiger partial charge in [-0.25, -0.2) is 4.98 Å². The topological polar surface area (TPSA) is 95.3 Å². The highest BCUT2D eigenvalue weighted by Gasteiger charge is 2.37. The van der Waals surface area contributed by atoms with E-state index in [2.05, 4.69) is 15.2 Å². The standard InChI is InChI=1S/C19H21N5O3S/c1-11-4-5-17(27-11)14-8-15(22-21-14)18(25)23-6-7-24(13(3)12(23)2)19(26)16-9-28-10-20-16/h4-5,8-10,12-13H,6-7H2,1-3H3,(H,21,22)/t12-,13-/m1/s1. The van der Waals surface area contributed by atoms with Gasteiger partial charge in [-0.15, -0.1) is 11.3 Å². The Hall–Kier alpha value is -2.94. The van der Waals surface area contributed by atoms with Crippen LogP contribution >= 0.6 is 11.3 Å². The van der Waals surface area contributed by atoms with Crippen molar-refractivity contribution in [2.75, 3.05) is 13.1 Å². The summed E-state index contributed by atoms with van der Waals surface area (Å²) in [6.07, 6.45) is 0. The summed E-state index contributed by atoms with van der Waals surface area (Å²) >= 11 is 1.40. The lowest BCUT2D eigenvalue weighted by Crippen LogP contribution is -2.60. The Kier molecular flexibility index (Phi) is 4.76. The Morgan fingerprint density at radius 2 is 1.82 bits per heavy atom. The van der Waals surface area contributed by atoms with E-state index in [0.29, 0.717) is 35.9 Å². The van der Waals surface area contributed by atoms with Crippen LogP contribution in [0.4, 0.5) is 0 Å². The maximum absolute atomic E-state index is 13.0. The zero-order chi connectivity index (χ0) is 19.8. The van der Waals surface area contributed by atoms with Gasteiger partial charge in [0.2, 0.25) is 0 Å². The van der Waals surface area contributed by atoms with Crippen LogP contribution in [0, 0.1) is 6.92 Å². The molecule has 4 heterocycles. The number of carbonyl (C=O) groups excluding carboxylic acids is 2. The number of nitrogens with one attached hydrogen (secondary N) is 1. The lowest BCUT2D eigenvalue weighted by Gasteiger charge is -2.44. The third-order valence-electron chi connectivity index (χ3n) is 5.24. The van der Waals surface area contributed by atoms with Crippen molar-refractivity contribution in [1.82, 2.24) is 25.0 Å². The van der Waals surface area contributed by atoms with E-state index in [4.69, 9.17) is 4.42 Å². The van der Waals surface area contributed by atoms with Crippen LogP contribution in [-0.4, -0.2) is 62.0 Å². The SMILES string of the molecule is Cc1ccc(-c2cc(C(=O)N3CCN(C(=O)c4cscn4)[C@H](C)[C@H]3C)n[nH]2)o1. The van der Waals surface area contributed by atoms with Crippen molar-refractivity contribution in [3.05, 3.63) is 46.2 Å². The summed E-state index contributed by atoms with van der Waals surface area (Å²) in [4.78, 5) is 33.3. The molecule has 1 saturated heterocycles. The zero-order valence-corrected chi connectivity index (χ0v) is 16.7. The van der Waals surface area contributed by atoms with Gasteiger partial charge in [0.05, 0.1) is 5.51 Å².